The molecule has 0 unspecified atom stereocenters. The van der Waals surface area contributed by atoms with Gasteiger partial charge in [-0.25, -0.2) is 4.98 Å². The van der Waals surface area contributed by atoms with Crippen LogP contribution in [0.2, 0.25) is 5.02 Å². The Morgan fingerprint density at radius 2 is 2.00 bits per heavy atom. The number of halogens is 1. The van der Waals surface area contributed by atoms with Crippen molar-refractivity contribution < 1.29 is 0 Å². The van der Waals surface area contributed by atoms with Crippen LogP contribution in [0.1, 0.15) is 18.9 Å². The van der Waals surface area contributed by atoms with E-state index >= 15 is 0 Å². The molecule has 0 radical (unpaired) electrons. The molecular weight excluding hydrogens is 262 g/mol. The van der Waals surface area contributed by atoms with Gasteiger partial charge >= 0.3 is 0 Å². The van der Waals surface area contributed by atoms with E-state index in [1.807, 2.05) is 12.1 Å². The Balaban J connectivity index is 2.02. The van der Waals surface area contributed by atoms with Gasteiger partial charge in [-0.1, -0.05) is 18.5 Å². The highest BCUT2D eigenvalue weighted by Gasteiger charge is 2.04. The van der Waals surface area contributed by atoms with E-state index in [1.165, 1.54) is 0 Å². The molecule has 0 saturated carbocycles. The summed E-state index contributed by atoms with van der Waals surface area (Å²) in [6.45, 7) is 3.57. The molecule has 19 heavy (non-hydrogen) atoms. The lowest BCUT2D eigenvalue weighted by molar-refractivity contribution is 0.950. The van der Waals surface area contributed by atoms with E-state index in [-0.39, 0.29) is 0 Å². The van der Waals surface area contributed by atoms with Crippen LogP contribution in [-0.4, -0.2) is 21.5 Å². The SMILES string of the molecule is CCCNc1ncc(Cl)c(NCc2ccncc2)n1. The zero-order valence-corrected chi connectivity index (χ0v) is 11.5. The molecule has 0 aliphatic carbocycles. The number of pyridine rings is 1. The van der Waals surface area contributed by atoms with Crippen LogP contribution in [-0.2, 0) is 6.54 Å². The molecule has 2 aromatic heterocycles. The molecule has 100 valence electrons. The molecule has 2 N–H and O–H groups in total. The zero-order valence-electron chi connectivity index (χ0n) is 10.7. The monoisotopic (exact) mass is 277 g/mol. The average Bonchev–Trinajstić information content (AvgIpc) is 2.46. The lowest BCUT2D eigenvalue weighted by Gasteiger charge is -2.09. The van der Waals surface area contributed by atoms with Gasteiger partial charge in [-0.05, 0) is 24.1 Å². The summed E-state index contributed by atoms with van der Waals surface area (Å²) < 4.78 is 0. The lowest BCUT2D eigenvalue weighted by Crippen LogP contribution is -2.08. The minimum atomic E-state index is 0.510. The molecule has 0 atom stereocenters. The molecule has 0 saturated heterocycles. The van der Waals surface area contributed by atoms with Gasteiger partial charge in [-0.15, -0.1) is 0 Å². The van der Waals surface area contributed by atoms with Gasteiger partial charge in [-0.3, -0.25) is 4.98 Å². The van der Waals surface area contributed by atoms with E-state index in [0.717, 1.165) is 18.5 Å². The molecule has 0 spiro atoms. The lowest BCUT2D eigenvalue weighted by atomic mass is 10.3. The Bertz CT molecular complexity index is 518. The van der Waals surface area contributed by atoms with Crippen LogP contribution >= 0.6 is 11.6 Å². The molecule has 2 rings (SSSR count). The predicted octanol–water partition coefficient (Wildman–Crippen LogP) is 2.96. The fourth-order valence-electron chi connectivity index (χ4n) is 1.50. The van der Waals surface area contributed by atoms with E-state index in [0.29, 0.717) is 23.3 Å². The molecule has 0 fully saturated rings. The van der Waals surface area contributed by atoms with Crippen molar-refractivity contribution in [2.75, 3.05) is 17.2 Å². The number of nitrogens with zero attached hydrogens (tertiary/aromatic N) is 3. The van der Waals surface area contributed by atoms with Crippen molar-refractivity contribution in [1.29, 1.82) is 0 Å². The van der Waals surface area contributed by atoms with Crippen LogP contribution < -0.4 is 10.6 Å². The number of hydrogen-bond donors (Lipinski definition) is 2. The van der Waals surface area contributed by atoms with Crippen molar-refractivity contribution in [3.63, 3.8) is 0 Å². The topological polar surface area (TPSA) is 62.7 Å². The Kier molecular flexibility index (Phi) is 4.92. The predicted molar refractivity (Wildman–Crippen MR) is 77.4 cm³/mol. The number of anilines is 2. The second kappa shape index (κ2) is 6.89. The van der Waals surface area contributed by atoms with Crippen LogP contribution in [0, 0.1) is 0 Å². The molecule has 0 aromatic carbocycles. The third-order valence-corrected chi connectivity index (χ3v) is 2.76. The van der Waals surface area contributed by atoms with Crippen molar-refractivity contribution in [3.05, 3.63) is 41.3 Å². The Labute approximate surface area is 117 Å². The normalized spacial score (nSPS) is 10.2. The van der Waals surface area contributed by atoms with Gasteiger partial charge in [0.25, 0.3) is 0 Å². The molecule has 0 aliphatic heterocycles. The molecular formula is C13H16ClN5. The van der Waals surface area contributed by atoms with Gasteiger partial charge in [0.1, 0.15) is 5.02 Å². The van der Waals surface area contributed by atoms with Crippen molar-refractivity contribution in [2.24, 2.45) is 0 Å². The fraction of sp³-hybridized carbons (Fsp3) is 0.308. The average molecular weight is 278 g/mol. The van der Waals surface area contributed by atoms with Gasteiger partial charge < -0.3 is 10.6 Å². The number of aromatic nitrogens is 3. The zero-order chi connectivity index (χ0) is 13.5. The van der Waals surface area contributed by atoms with Gasteiger partial charge in [0, 0.05) is 25.5 Å². The summed E-state index contributed by atoms with van der Waals surface area (Å²) in [7, 11) is 0. The van der Waals surface area contributed by atoms with Crippen LogP contribution in [0.4, 0.5) is 11.8 Å². The van der Waals surface area contributed by atoms with Crippen LogP contribution in [0.5, 0.6) is 0 Å². The summed E-state index contributed by atoms with van der Waals surface area (Å²) in [5.41, 5.74) is 1.12. The first-order chi connectivity index (χ1) is 9.29. The largest absolute Gasteiger partial charge is 0.365 e. The summed E-state index contributed by atoms with van der Waals surface area (Å²) >= 11 is 6.07. The maximum atomic E-state index is 6.07. The second-order valence-corrected chi connectivity index (χ2v) is 4.43. The number of hydrogen-bond acceptors (Lipinski definition) is 5. The van der Waals surface area contributed by atoms with Gasteiger partial charge in [0.15, 0.2) is 5.82 Å². The van der Waals surface area contributed by atoms with E-state index in [4.69, 9.17) is 11.6 Å². The highest BCUT2D eigenvalue weighted by Crippen LogP contribution is 2.20. The van der Waals surface area contributed by atoms with Crippen molar-refractivity contribution in [3.8, 4) is 0 Å². The minimum absolute atomic E-state index is 0.510. The fourth-order valence-corrected chi connectivity index (χ4v) is 1.66. The van der Waals surface area contributed by atoms with E-state index in [2.05, 4.69) is 32.5 Å². The molecule has 6 heteroatoms. The smallest absolute Gasteiger partial charge is 0.224 e. The number of rotatable bonds is 6. The van der Waals surface area contributed by atoms with Gasteiger partial charge in [0.2, 0.25) is 5.95 Å². The summed E-state index contributed by atoms with van der Waals surface area (Å²) in [6, 6.07) is 3.89. The molecule has 0 bridgehead atoms. The molecule has 2 heterocycles. The summed E-state index contributed by atoms with van der Waals surface area (Å²) in [5, 5.41) is 6.83. The van der Waals surface area contributed by atoms with Crippen molar-refractivity contribution in [1.82, 2.24) is 15.0 Å². The van der Waals surface area contributed by atoms with Crippen LogP contribution in [0.3, 0.4) is 0 Å². The molecule has 0 aliphatic rings. The van der Waals surface area contributed by atoms with Crippen molar-refractivity contribution >= 4 is 23.4 Å². The summed E-state index contributed by atoms with van der Waals surface area (Å²) in [5.74, 6) is 1.22. The third kappa shape index (κ3) is 4.06. The second-order valence-electron chi connectivity index (χ2n) is 4.03. The quantitative estimate of drug-likeness (QED) is 0.850. The highest BCUT2D eigenvalue weighted by molar-refractivity contribution is 6.32. The first-order valence-electron chi connectivity index (χ1n) is 6.18. The third-order valence-electron chi connectivity index (χ3n) is 2.49. The van der Waals surface area contributed by atoms with Gasteiger partial charge in [0.05, 0.1) is 6.20 Å². The first-order valence-corrected chi connectivity index (χ1v) is 6.56. The Morgan fingerprint density at radius 3 is 2.74 bits per heavy atom. The Morgan fingerprint density at radius 1 is 1.21 bits per heavy atom. The highest BCUT2D eigenvalue weighted by atomic mass is 35.5. The molecule has 5 nitrogen and oxygen atoms in total. The maximum Gasteiger partial charge on any atom is 0.224 e. The standard InChI is InChI=1S/C13H16ClN5/c1-2-5-16-13-18-9-11(14)12(19-13)17-8-10-3-6-15-7-4-10/h3-4,6-7,9H,2,5,8H2,1H3,(H2,16,17,18,19). The van der Waals surface area contributed by atoms with Crippen LogP contribution in [0.15, 0.2) is 30.7 Å². The van der Waals surface area contributed by atoms with Crippen LogP contribution in [0.25, 0.3) is 0 Å². The Hall–Kier alpha value is -1.88. The first kappa shape index (κ1) is 13.5. The summed E-state index contributed by atoms with van der Waals surface area (Å²) in [4.78, 5) is 12.4. The van der Waals surface area contributed by atoms with Gasteiger partial charge in [-0.2, -0.15) is 4.98 Å². The van der Waals surface area contributed by atoms with Crippen molar-refractivity contribution in [2.45, 2.75) is 19.9 Å². The molecule has 0 amide bonds. The summed E-state index contributed by atoms with van der Waals surface area (Å²) in [6.07, 6.45) is 6.13. The number of nitrogens with one attached hydrogen (secondary N) is 2. The van der Waals surface area contributed by atoms with E-state index in [9.17, 15) is 0 Å². The van der Waals surface area contributed by atoms with E-state index in [1.54, 1.807) is 18.6 Å². The molecule has 2 aromatic rings. The minimum Gasteiger partial charge on any atom is -0.365 e. The maximum absolute atomic E-state index is 6.07. The van der Waals surface area contributed by atoms with E-state index < -0.39 is 0 Å².